The van der Waals surface area contributed by atoms with Crippen molar-refractivity contribution in [3.05, 3.63) is 94.5 Å². The summed E-state index contributed by atoms with van der Waals surface area (Å²) in [7, 11) is 0. The minimum atomic E-state index is -0.163. The summed E-state index contributed by atoms with van der Waals surface area (Å²) in [5.74, 6) is 0.921. The van der Waals surface area contributed by atoms with Crippen LogP contribution in [0.15, 0.2) is 72.8 Å². The molecule has 3 rings (SSSR count). The molecule has 0 aliphatic carbocycles. The third kappa shape index (κ3) is 5.37. The van der Waals surface area contributed by atoms with E-state index in [0.29, 0.717) is 18.1 Å². The molecule has 0 spiro atoms. The SMILES string of the molecule is CCOc1ccc(NC(CC(=O)c2ccc(C)cc2)c2ccc(Cl)cc2)cc1. The lowest BCUT2D eigenvalue weighted by Gasteiger charge is -2.20. The quantitative estimate of drug-likeness (QED) is 0.445. The molecule has 0 heterocycles. The molecule has 4 heteroatoms. The molecule has 0 saturated carbocycles. The standard InChI is InChI=1S/C24H24ClNO2/c1-3-28-22-14-12-21(13-15-22)26-23(18-8-10-20(25)11-9-18)16-24(27)19-6-4-17(2)5-7-19/h4-15,23,26H,3,16H2,1-2H3. The zero-order valence-corrected chi connectivity index (χ0v) is 16.9. The Morgan fingerprint density at radius 3 is 2.21 bits per heavy atom. The summed E-state index contributed by atoms with van der Waals surface area (Å²) < 4.78 is 5.50. The number of benzene rings is 3. The van der Waals surface area contributed by atoms with E-state index in [1.54, 1.807) is 0 Å². The van der Waals surface area contributed by atoms with Gasteiger partial charge >= 0.3 is 0 Å². The van der Waals surface area contributed by atoms with Gasteiger partial charge in [-0.05, 0) is 55.8 Å². The highest BCUT2D eigenvalue weighted by Gasteiger charge is 2.17. The first kappa shape index (κ1) is 20.0. The molecule has 3 aromatic rings. The van der Waals surface area contributed by atoms with Crippen molar-refractivity contribution >= 4 is 23.1 Å². The molecule has 0 aliphatic heterocycles. The maximum Gasteiger partial charge on any atom is 0.165 e. The predicted octanol–water partition coefficient (Wildman–Crippen LogP) is 6.47. The second-order valence-electron chi connectivity index (χ2n) is 6.70. The van der Waals surface area contributed by atoms with Crippen molar-refractivity contribution in [2.45, 2.75) is 26.3 Å². The molecule has 0 radical (unpaired) electrons. The summed E-state index contributed by atoms with van der Waals surface area (Å²) >= 11 is 6.04. The fourth-order valence-electron chi connectivity index (χ4n) is 3.01. The topological polar surface area (TPSA) is 38.3 Å². The van der Waals surface area contributed by atoms with Crippen LogP contribution in [0.25, 0.3) is 0 Å². The molecule has 28 heavy (non-hydrogen) atoms. The summed E-state index contributed by atoms with van der Waals surface area (Å²) in [6.45, 7) is 4.60. The third-order valence-electron chi connectivity index (χ3n) is 4.54. The Bertz CT molecular complexity index is 903. The molecule has 3 nitrogen and oxygen atoms in total. The van der Waals surface area contributed by atoms with Gasteiger partial charge in [0.05, 0.1) is 12.6 Å². The molecule has 1 N–H and O–H groups in total. The van der Waals surface area contributed by atoms with E-state index in [-0.39, 0.29) is 11.8 Å². The van der Waals surface area contributed by atoms with Crippen LogP contribution in [0.4, 0.5) is 5.69 Å². The molecule has 1 unspecified atom stereocenters. The number of rotatable bonds is 8. The van der Waals surface area contributed by atoms with Crippen molar-refractivity contribution in [1.82, 2.24) is 0 Å². The lowest BCUT2D eigenvalue weighted by Crippen LogP contribution is -2.16. The van der Waals surface area contributed by atoms with E-state index in [1.165, 1.54) is 0 Å². The van der Waals surface area contributed by atoms with Crippen LogP contribution >= 0.6 is 11.6 Å². The molecule has 0 aliphatic rings. The van der Waals surface area contributed by atoms with E-state index in [4.69, 9.17) is 16.3 Å². The second kappa shape index (κ2) is 9.43. The van der Waals surface area contributed by atoms with Crippen molar-refractivity contribution in [2.24, 2.45) is 0 Å². The van der Waals surface area contributed by atoms with Crippen LogP contribution in [0.2, 0.25) is 5.02 Å². The molecular weight excluding hydrogens is 370 g/mol. The second-order valence-corrected chi connectivity index (χ2v) is 7.14. The van der Waals surface area contributed by atoms with E-state index in [1.807, 2.05) is 86.6 Å². The molecule has 3 aromatic carbocycles. The zero-order chi connectivity index (χ0) is 19.9. The van der Waals surface area contributed by atoms with Crippen LogP contribution < -0.4 is 10.1 Å². The van der Waals surface area contributed by atoms with E-state index >= 15 is 0 Å². The van der Waals surface area contributed by atoms with Gasteiger partial charge < -0.3 is 10.1 Å². The minimum Gasteiger partial charge on any atom is -0.494 e. The Balaban J connectivity index is 1.81. The van der Waals surface area contributed by atoms with Gasteiger partial charge in [-0.15, -0.1) is 0 Å². The smallest absolute Gasteiger partial charge is 0.165 e. The Labute approximate surface area is 171 Å². The van der Waals surface area contributed by atoms with Gasteiger partial charge in [0.25, 0.3) is 0 Å². The van der Waals surface area contributed by atoms with Crippen molar-refractivity contribution < 1.29 is 9.53 Å². The Morgan fingerprint density at radius 2 is 1.61 bits per heavy atom. The first-order chi connectivity index (χ1) is 13.5. The van der Waals surface area contributed by atoms with Crippen molar-refractivity contribution in [2.75, 3.05) is 11.9 Å². The number of ether oxygens (including phenoxy) is 1. The van der Waals surface area contributed by atoms with E-state index < -0.39 is 0 Å². The third-order valence-corrected chi connectivity index (χ3v) is 4.79. The number of hydrogen-bond acceptors (Lipinski definition) is 3. The van der Waals surface area contributed by atoms with Gasteiger partial charge in [-0.3, -0.25) is 4.79 Å². The lowest BCUT2D eigenvalue weighted by atomic mass is 9.97. The van der Waals surface area contributed by atoms with Crippen LogP contribution in [0, 0.1) is 6.92 Å². The highest BCUT2D eigenvalue weighted by Crippen LogP contribution is 2.27. The Morgan fingerprint density at radius 1 is 0.964 bits per heavy atom. The van der Waals surface area contributed by atoms with Crippen LogP contribution in [-0.4, -0.2) is 12.4 Å². The van der Waals surface area contributed by atoms with Crippen LogP contribution in [-0.2, 0) is 0 Å². The highest BCUT2D eigenvalue weighted by atomic mass is 35.5. The first-order valence-electron chi connectivity index (χ1n) is 9.40. The van der Waals surface area contributed by atoms with Crippen molar-refractivity contribution in [3.8, 4) is 5.75 Å². The molecule has 0 fully saturated rings. The highest BCUT2D eigenvalue weighted by molar-refractivity contribution is 6.30. The number of hydrogen-bond donors (Lipinski definition) is 1. The van der Waals surface area contributed by atoms with Gasteiger partial charge in [0.2, 0.25) is 0 Å². The van der Waals surface area contributed by atoms with Gasteiger partial charge in [0.15, 0.2) is 5.78 Å². The normalized spacial score (nSPS) is 11.7. The number of carbonyl (C=O) groups is 1. The maximum absolute atomic E-state index is 12.9. The van der Waals surface area contributed by atoms with E-state index in [0.717, 1.165) is 28.1 Å². The number of aryl methyl sites for hydroxylation is 1. The monoisotopic (exact) mass is 393 g/mol. The zero-order valence-electron chi connectivity index (χ0n) is 16.1. The molecular formula is C24H24ClNO2. The average molecular weight is 394 g/mol. The molecule has 0 saturated heterocycles. The van der Waals surface area contributed by atoms with Gasteiger partial charge in [-0.2, -0.15) is 0 Å². The Kier molecular flexibility index (Phi) is 6.72. The lowest BCUT2D eigenvalue weighted by molar-refractivity contribution is 0.0976. The van der Waals surface area contributed by atoms with Crippen molar-refractivity contribution in [3.63, 3.8) is 0 Å². The number of Topliss-reactive ketones (excluding diaryl/α,β-unsaturated/α-hetero) is 1. The number of ketones is 1. The fourth-order valence-corrected chi connectivity index (χ4v) is 3.13. The molecule has 144 valence electrons. The van der Waals surface area contributed by atoms with E-state index in [2.05, 4.69) is 5.32 Å². The summed E-state index contributed by atoms with van der Waals surface area (Å²) in [5.41, 5.74) is 3.80. The Hall–Kier alpha value is -2.78. The van der Waals surface area contributed by atoms with Gasteiger partial charge in [-0.1, -0.05) is 53.6 Å². The largest absolute Gasteiger partial charge is 0.494 e. The molecule has 0 amide bonds. The molecule has 0 aromatic heterocycles. The number of anilines is 1. The summed E-state index contributed by atoms with van der Waals surface area (Å²) in [5, 5.41) is 4.15. The predicted molar refractivity (Wildman–Crippen MR) is 116 cm³/mol. The van der Waals surface area contributed by atoms with E-state index in [9.17, 15) is 4.79 Å². The van der Waals surface area contributed by atoms with Gasteiger partial charge in [0, 0.05) is 22.7 Å². The first-order valence-corrected chi connectivity index (χ1v) is 9.77. The number of nitrogens with one attached hydrogen (secondary N) is 1. The van der Waals surface area contributed by atoms with Crippen LogP contribution in [0.1, 0.15) is 40.9 Å². The molecule has 0 bridgehead atoms. The van der Waals surface area contributed by atoms with Gasteiger partial charge in [0.1, 0.15) is 5.75 Å². The number of halogens is 1. The minimum absolute atomic E-state index is 0.0957. The van der Waals surface area contributed by atoms with Crippen molar-refractivity contribution in [1.29, 1.82) is 0 Å². The summed E-state index contributed by atoms with van der Waals surface area (Å²) in [4.78, 5) is 12.9. The fraction of sp³-hybridized carbons (Fsp3) is 0.208. The molecule has 1 atom stereocenters. The average Bonchev–Trinajstić information content (AvgIpc) is 2.70. The summed E-state index contributed by atoms with van der Waals surface area (Å²) in [6.07, 6.45) is 0.345. The number of carbonyl (C=O) groups excluding carboxylic acids is 1. The van der Waals surface area contributed by atoms with Crippen LogP contribution in [0.5, 0.6) is 5.75 Å². The summed E-state index contributed by atoms with van der Waals surface area (Å²) in [6, 6.07) is 22.9. The van der Waals surface area contributed by atoms with Crippen LogP contribution in [0.3, 0.4) is 0 Å². The van der Waals surface area contributed by atoms with Gasteiger partial charge in [-0.25, -0.2) is 0 Å². The maximum atomic E-state index is 12.9.